The van der Waals surface area contributed by atoms with Crippen LogP contribution in [0, 0.1) is 3.57 Å². The van der Waals surface area contributed by atoms with E-state index < -0.39 is 0 Å². The molecular formula is C13H18IN3O3. The zero-order valence-electron chi connectivity index (χ0n) is 11.1. The van der Waals surface area contributed by atoms with E-state index in [-0.39, 0.29) is 12.1 Å². The van der Waals surface area contributed by atoms with Gasteiger partial charge < -0.3 is 24.8 Å². The van der Waals surface area contributed by atoms with Crippen molar-refractivity contribution in [3.8, 4) is 0 Å². The molecule has 1 aromatic rings. The summed E-state index contributed by atoms with van der Waals surface area (Å²) in [7, 11) is 0. The summed E-state index contributed by atoms with van der Waals surface area (Å²) in [5.41, 5.74) is -0.375. The number of aliphatic hydroxyl groups excluding tert-OH is 1. The highest BCUT2D eigenvalue weighted by Gasteiger charge is 2.38. The molecule has 6 nitrogen and oxygen atoms in total. The van der Waals surface area contributed by atoms with Crippen LogP contribution in [0.3, 0.4) is 0 Å². The van der Waals surface area contributed by atoms with Crippen LogP contribution in [-0.4, -0.2) is 61.8 Å². The number of hydrogen-bond acceptors (Lipinski definition) is 6. The summed E-state index contributed by atoms with van der Waals surface area (Å²) in [6, 6.07) is 4.06. The minimum Gasteiger partial charge on any atom is -0.394 e. The molecule has 1 aromatic heterocycles. The van der Waals surface area contributed by atoms with Crippen LogP contribution >= 0.6 is 22.6 Å². The topological polar surface area (TPSA) is 66.9 Å². The van der Waals surface area contributed by atoms with Gasteiger partial charge in [-0.3, -0.25) is 0 Å². The Bertz CT molecular complexity index is 470. The number of aromatic nitrogens is 1. The van der Waals surface area contributed by atoms with Crippen molar-refractivity contribution < 1.29 is 14.6 Å². The third-order valence-electron chi connectivity index (χ3n) is 3.56. The highest BCUT2D eigenvalue weighted by molar-refractivity contribution is 14.1. The van der Waals surface area contributed by atoms with E-state index in [0.717, 1.165) is 41.5 Å². The Hall–Kier alpha value is -0.640. The quantitative estimate of drug-likeness (QED) is 0.737. The van der Waals surface area contributed by atoms with E-state index in [1.807, 2.05) is 6.07 Å². The minimum absolute atomic E-state index is 0.0487. The zero-order valence-corrected chi connectivity index (χ0v) is 13.3. The number of halogens is 1. The number of anilines is 2. The standard InChI is InChI=1S/C13H18IN3O3/c14-10-5-11(16-13(7-18)8-20-9-13)15-12(6-10)17-1-3-19-4-2-17/h5-6,18H,1-4,7-9H2,(H,15,16). The molecule has 2 fully saturated rings. The first-order valence-electron chi connectivity index (χ1n) is 6.68. The number of morpholine rings is 1. The van der Waals surface area contributed by atoms with Crippen molar-refractivity contribution in [2.45, 2.75) is 5.54 Å². The highest BCUT2D eigenvalue weighted by Crippen LogP contribution is 2.25. The fourth-order valence-electron chi connectivity index (χ4n) is 2.33. The van der Waals surface area contributed by atoms with E-state index >= 15 is 0 Å². The van der Waals surface area contributed by atoms with Crippen molar-refractivity contribution in [2.75, 3.05) is 56.3 Å². The van der Waals surface area contributed by atoms with Gasteiger partial charge in [0.05, 0.1) is 33.0 Å². The Labute approximate surface area is 131 Å². The minimum atomic E-state index is -0.375. The molecular weight excluding hydrogens is 373 g/mol. The molecule has 2 aliphatic heterocycles. The van der Waals surface area contributed by atoms with Gasteiger partial charge in [-0.15, -0.1) is 0 Å². The second-order valence-corrected chi connectivity index (χ2v) is 6.43. The number of aliphatic hydroxyl groups is 1. The molecule has 20 heavy (non-hydrogen) atoms. The van der Waals surface area contributed by atoms with Crippen LogP contribution in [-0.2, 0) is 9.47 Å². The van der Waals surface area contributed by atoms with Crippen molar-refractivity contribution in [3.05, 3.63) is 15.7 Å². The number of hydrogen-bond donors (Lipinski definition) is 2. The maximum Gasteiger partial charge on any atom is 0.132 e. The third-order valence-corrected chi connectivity index (χ3v) is 4.19. The first kappa shape index (κ1) is 14.3. The van der Waals surface area contributed by atoms with Gasteiger partial charge in [0, 0.05) is 16.7 Å². The highest BCUT2D eigenvalue weighted by atomic mass is 127. The molecule has 0 amide bonds. The number of ether oxygens (including phenoxy) is 2. The summed E-state index contributed by atoms with van der Waals surface area (Å²) < 4.78 is 11.7. The van der Waals surface area contributed by atoms with Gasteiger partial charge in [-0.05, 0) is 34.7 Å². The normalized spacial score (nSPS) is 21.4. The lowest BCUT2D eigenvalue weighted by molar-refractivity contribution is -0.0651. The lowest BCUT2D eigenvalue weighted by atomic mass is 9.99. The molecule has 0 aliphatic carbocycles. The Morgan fingerprint density at radius 3 is 2.65 bits per heavy atom. The van der Waals surface area contributed by atoms with Crippen LogP contribution in [0.1, 0.15) is 0 Å². The SMILES string of the molecule is OCC1(Nc2cc(I)cc(N3CCOCC3)n2)COC1. The number of nitrogens with one attached hydrogen (secondary N) is 1. The van der Waals surface area contributed by atoms with Crippen molar-refractivity contribution in [1.82, 2.24) is 4.98 Å². The molecule has 0 bridgehead atoms. The molecule has 3 heterocycles. The number of nitrogens with zero attached hydrogens (tertiary/aromatic N) is 2. The van der Waals surface area contributed by atoms with Crippen LogP contribution in [0.2, 0.25) is 0 Å². The van der Waals surface area contributed by atoms with Gasteiger partial charge in [-0.25, -0.2) is 4.98 Å². The van der Waals surface area contributed by atoms with Gasteiger partial charge in [0.25, 0.3) is 0 Å². The van der Waals surface area contributed by atoms with Gasteiger partial charge in [-0.1, -0.05) is 0 Å². The summed E-state index contributed by atoms with van der Waals surface area (Å²) in [5, 5.41) is 12.8. The van der Waals surface area contributed by atoms with Crippen molar-refractivity contribution in [2.24, 2.45) is 0 Å². The molecule has 2 saturated heterocycles. The fraction of sp³-hybridized carbons (Fsp3) is 0.615. The summed E-state index contributed by atoms with van der Waals surface area (Å²) >= 11 is 2.29. The fourth-order valence-corrected chi connectivity index (χ4v) is 2.90. The molecule has 0 aromatic carbocycles. The smallest absolute Gasteiger partial charge is 0.132 e. The number of pyridine rings is 1. The van der Waals surface area contributed by atoms with Gasteiger partial charge in [0.15, 0.2) is 0 Å². The monoisotopic (exact) mass is 391 g/mol. The molecule has 0 spiro atoms. The Morgan fingerprint density at radius 2 is 2.05 bits per heavy atom. The molecule has 2 aliphatic rings. The molecule has 0 radical (unpaired) electrons. The molecule has 0 unspecified atom stereocenters. The second-order valence-electron chi connectivity index (χ2n) is 5.18. The molecule has 7 heteroatoms. The van der Waals surface area contributed by atoms with E-state index in [2.05, 4.69) is 43.9 Å². The first-order valence-corrected chi connectivity index (χ1v) is 7.76. The van der Waals surface area contributed by atoms with Gasteiger partial charge in [0.2, 0.25) is 0 Å². The maximum atomic E-state index is 9.49. The van der Waals surface area contributed by atoms with Crippen LogP contribution < -0.4 is 10.2 Å². The number of rotatable bonds is 4. The van der Waals surface area contributed by atoms with Crippen molar-refractivity contribution >= 4 is 34.2 Å². The summed E-state index contributed by atoms with van der Waals surface area (Å²) in [6.45, 7) is 4.29. The van der Waals surface area contributed by atoms with E-state index in [9.17, 15) is 5.11 Å². The molecule has 110 valence electrons. The van der Waals surface area contributed by atoms with Crippen LogP contribution in [0.4, 0.5) is 11.6 Å². The lowest BCUT2D eigenvalue weighted by Crippen LogP contribution is -2.58. The third kappa shape index (κ3) is 3.00. The van der Waals surface area contributed by atoms with E-state index in [1.54, 1.807) is 0 Å². The Morgan fingerprint density at radius 1 is 1.30 bits per heavy atom. The van der Waals surface area contributed by atoms with Crippen molar-refractivity contribution in [1.29, 1.82) is 0 Å². The largest absolute Gasteiger partial charge is 0.394 e. The van der Waals surface area contributed by atoms with Gasteiger partial charge >= 0.3 is 0 Å². The predicted octanol–water partition coefficient (Wildman–Crippen LogP) is 0.696. The van der Waals surface area contributed by atoms with Crippen LogP contribution in [0.25, 0.3) is 0 Å². The summed E-state index contributed by atoms with van der Waals surface area (Å²) in [4.78, 5) is 6.88. The average molecular weight is 391 g/mol. The predicted molar refractivity (Wildman–Crippen MR) is 84.2 cm³/mol. The first-order chi connectivity index (χ1) is 9.71. The second kappa shape index (κ2) is 6.00. The zero-order chi connectivity index (χ0) is 14.0. The van der Waals surface area contributed by atoms with E-state index in [4.69, 9.17) is 9.47 Å². The maximum absolute atomic E-state index is 9.49. The van der Waals surface area contributed by atoms with Crippen LogP contribution in [0.15, 0.2) is 12.1 Å². The molecule has 2 N–H and O–H groups in total. The Kier molecular flexibility index (Phi) is 4.29. The summed E-state index contributed by atoms with van der Waals surface area (Å²) in [6.07, 6.45) is 0. The Balaban J connectivity index is 1.79. The van der Waals surface area contributed by atoms with E-state index in [1.165, 1.54) is 0 Å². The average Bonchev–Trinajstić information content (AvgIpc) is 2.43. The molecule has 0 atom stereocenters. The molecule has 0 saturated carbocycles. The van der Waals surface area contributed by atoms with Gasteiger partial charge in [0.1, 0.15) is 17.2 Å². The van der Waals surface area contributed by atoms with E-state index in [0.29, 0.717) is 13.2 Å². The van der Waals surface area contributed by atoms with Crippen LogP contribution in [0.5, 0.6) is 0 Å². The van der Waals surface area contributed by atoms with Crippen molar-refractivity contribution in [3.63, 3.8) is 0 Å². The summed E-state index contributed by atoms with van der Waals surface area (Å²) in [5.74, 6) is 1.74. The van der Waals surface area contributed by atoms with Gasteiger partial charge in [-0.2, -0.15) is 0 Å². The lowest BCUT2D eigenvalue weighted by Gasteiger charge is -2.41. The molecule has 3 rings (SSSR count).